The molecule has 0 saturated carbocycles. The number of ether oxygens (including phenoxy) is 2. The van der Waals surface area contributed by atoms with E-state index in [4.69, 9.17) is 9.47 Å². The first-order valence-corrected chi connectivity index (χ1v) is 9.39. The van der Waals surface area contributed by atoms with E-state index in [9.17, 15) is 4.79 Å². The molecular formula is C23H26N2O3. The number of nitrogens with zero attached hydrogens (tertiary/aromatic N) is 2. The van der Waals surface area contributed by atoms with Crippen LogP contribution in [0.5, 0.6) is 11.5 Å². The van der Waals surface area contributed by atoms with E-state index in [1.165, 1.54) is 0 Å². The molecule has 1 fully saturated rings. The summed E-state index contributed by atoms with van der Waals surface area (Å²) in [6, 6.07) is 15.7. The average Bonchev–Trinajstić information content (AvgIpc) is 2.77. The first-order valence-electron chi connectivity index (χ1n) is 9.39. The van der Waals surface area contributed by atoms with Crippen molar-refractivity contribution in [2.75, 3.05) is 44.8 Å². The summed E-state index contributed by atoms with van der Waals surface area (Å²) in [6.45, 7) is 7.13. The third-order valence-electron chi connectivity index (χ3n) is 4.68. The highest BCUT2D eigenvalue weighted by molar-refractivity contribution is 5.92. The van der Waals surface area contributed by atoms with Gasteiger partial charge in [0.05, 0.1) is 7.11 Å². The van der Waals surface area contributed by atoms with Crippen LogP contribution in [0, 0.1) is 0 Å². The van der Waals surface area contributed by atoms with Gasteiger partial charge in [-0.3, -0.25) is 4.79 Å². The molecule has 2 aromatic rings. The van der Waals surface area contributed by atoms with Gasteiger partial charge in [-0.15, -0.1) is 0 Å². The largest absolute Gasteiger partial charge is 0.497 e. The van der Waals surface area contributed by atoms with Gasteiger partial charge in [0, 0.05) is 44.0 Å². The number of hydrogen-bond acceptors (Lipinski definition) is 4. The minimum Gasteiger partial charge on any atom is -0.497 e. The van der Waals surface area contributed by atoms with Crippen LogP contribution in [0.2, 0.25) is 0 Å². The zero-order valence-corrected chi connectivity index (χ0v) is 16.2. The monoisotopic (exact) mass is 378 g/mol. The zero-order chi connectivity index (χ0) is 19.8. The number of methoxy groups -OCH3 is 1. The summed E-state index contributed by atoms with van der Waals surface area (Å²) in [7, 11) is 1.67. The molecule has 1 aliphatic rings. The number of carbonyl (C=O) groups is 1. The maximum absolute atomic E-state index is 12.5. The second-order valence-electron chi connectivity index (χ2n) is 6.52. The van der Waals surface area contributed by atoms with Crippen molar-refractivity contribution in [1.82, 2.24) is 4.90 Å². The smallest absolute Gasteiger partial charge is 0.246 e. The lowest BCUT2D eigenvalue weighted by Crippen LogP contribution is -2.48. The van der Waals surface area contributed by atoms with E-state index in [0.717, 1.165) is 35.8 Å². The van der Waals surface area contributed by atoms with Crippen molar-refractivity contribution in [2.45, 2.75) is 0 Å². The highest BCUT2D eigenvalue weighted by atomic mass is 16.5. The molecule has 3 rings (SSSR count). The number of benzene rings is 2. The Kier molecular flexibility index (Phi) is 6.73. The second kappa shape index (κ2) is 9.65. The first kappa shape index (κ1) is 19.5. The maximum atomic E-state index is 12.5. The van der Waals surface area contributed by atoms with Crippen molar-refractivity contribution in [3.63, 3.8) is 0 Å². The van der Waals surface area contributed by atoms with Gasteiger partial charge in [-0.25, -0.2) is 0 Å². The molecule has 1 heterocycles. The van der Waals surface area contributed by atoms with Crippen LogP contribution in [0.25, 0.3) is 6.08 Å². The third-order valence-corrected chi connectivity index (χ3v) is 4.68. The molecule has 0 unspecified atom stereocenters. The van der Waals surface area contributed by atoms with Gasteiger partial charge in [0.1, 0.15) is 18.1 Å². The molecule has 0 bridgehead atoms. The molecule has 0 radical (unpaired) electrons. The Balaban J connectivity index is 1.52. The Morgan fingerprint density at radius 3 is 2.50 bits per heavy atom. The van der Waals surface area contributed by atoms with Crippen LogP contribution in [0.4, 0.5) is 5.69 Å². The Labute approximate surface area is 166 Å². The Hall–Kier alpha value is -3.21. The highest BCUT2D eigenvalue weighted by Crippen LogP contribution is 2.22. The Morgan fingerprint density at radius 1 is 1.07 bits per heavy atom. The van der Waals surface area contributed by atoms with Crippen molar-refractivity contribution in [3.05, 3.63) is 72.8 Å². The Bertz CT molecular complexity index is 822. The van der Waals surface area contributed by atoms with Crippen LogP contribution >= 0.6 is 0 Å². The fraction of sp³-hybridized carbons (Fsp3) is 0.261. The average molecular weight is 378 g/mol. The van der Waals surface area contributed by atoms with Crippen LogP contribution < -0.4 is 14.4 Å². The van der Waals surface area contributed by atoms with Gasteiger partial charge >= 0.3 is 0 Å². The SMILES string of the molecule is C=CCOc1ccc(/C=C/C(=O)N2CCN(c3cccc(OC)c3)CC2)cc1. The fourth-order valence-electron chi connectivity index (χ4n) is 3.10. The lowest BCUT2D eigenvalue weighted by atomic mass is 10.2. The molecular weight excluding hydrogens is 352 g/mol. The normalized spacial score (nSPS) is 14.2. The minimum atomic E-state index is 0.0391. The standard InChI is InChI=1S/C23H26N2O3/c1-3-17-28-21-10-7-19(8-11-21)9-12-23(26)25-15-13-24(14-16-25)20-5-4-6-22(18-20)27-2/h3-12,18H,1,13-17H2,2H3/b12-9+. The van der Waals surface area contributed by atoms with Crippen molar-refractivity contribution in [3.8, 4) is 11.5 Å². The van der Waals surface area contributed by atoms with E-state index in [1.807, 2.05) is 53.4 Å². The van der Waals surface area contributed by atoms with Crippen LogP contribution in [0.3, 0.4) is 0 Å². The van der Waals surface area contributed by atoms with E-state index < -0.39 is 0 Å². The van der Waals surface area contributed by atoms with Crippen molar-refractivity contribution >= 4 is 17.7 Å². The van der Waals surface area contributed by atoms with Crippen LogP contribution in [0.15, 0.2) is 67.3 Å². The second-order valence-corrected chi connectivity index (χ2v) is 6.52. The van der Waals surface area contributed by atoms with E-state index in [-0.39, 0.29) is 5.91 Å². The molecule has 146 valence electrons. The zero-order valence-electron chi connectivity index (χ0n) is 16.2. The number of rotatable bonds is 7. The Morgan fingerprint density at radius 2 is 1.82 bits per heavy atom. The van der Waals surface area contributed by atoms with Gasteiger partial charge in [0.25, 0.3) is 0 Å². The molecule has 0 atom stereocenters. The number of hydrogen-bond donors (Lipinski definition) is 0. The maximum Gasteiger partial charge on any atom is 0.246 e. The van der Waals surface area contributed by atoms with Crippen molar-refractivity contribution in [1.29, 1.82) is 0 Å². The van der Waals surface area contributed by atoms with Crippen molar-refractivity contribution in [2.24, 2.45) is 0 Å². The number of amides is 1. The summed E-state index contributed by atoms with van der Waals surface area (Å²) in [5.41, 5.74) is 2.09. The molecule has 1 aliphatic heterocycles. The van der Waals surface area contributed by atoms with Gasteiger partial charge < -0.3 is 19.3 Å². The van der Waals surface area contributed by atoms with E-state index in [2.05, 4.69) is 17.5 Å². The molecule has 0 N–H and O–H groups in total. The predicted molar refractivity (Wildman–Crippen MR) is 113 cm³/mol. The highest BCUT2D eigenvalue weighted by Gasteiger charge is 2.20. The lowest BCUT2D eigenvalue weighted by Gasteiger charge is -2.35. The third kappa shape index (κ3) is 5.16. The van der Waals surface area contributed by atoms with Gasteiger partial charge in [0.15, 0.2) is 0 Å². The molecule has 28 heavy (non-hydrogen) atoms. The van der Waals surface area contributed by atoms with Gasteiger partial charge in [0.2, 0.25) is 5.91 Å². The van der Waals surface area contributed by atoms with Crippen LogP contribution in [-0.2, 0) is 4.79 Å². The summed E-state index contributed by atoms with van der Waals surface area (Å²) in [6.07, 6.45) is 5.19. The number of carbonyl (C=O) groups excluding carboxylic acids is 1. The van der Waals surface area contributed by atoms with Gasteiger partial charge in [-0.05, 0) is 35.9 Å². The summed E-state index contributed by atoms with van der Waals surface area (Å²) >= 11 is 0. The van der Waals surface area contributed by atoms with Gasteiger partial charge in [-0.2, -0.15) is 0 Å². The number of anilines is 1. The predicted octanol–water partition coefficient (Wildman–Crippen LogP) is 3.62. The summed E-state index contributed by atoms with van der Waals surface area (Å²) in [5.74, 6) is 1.68. The molecule has 0 aromatic heterocycles. The topological polar surface area (TPSA) is 42.0 Å². The molecule has 2 aromatic carbocycles. The molecule has 0 aliphatic carbocycles. The first-order chi connectivity index (χ1) is 13.7. The summed E-state index contributed by atoms with van der Waals surface area (Å²) < 4.78 is 10.8. The molecule has 5 heteroatoms. The fourth-order valence-corrected chi connectivity index (χ4v) is 3.10. The molecule has 1 amide bonds. The molecule has 0 spiro atoms. The number of piperazine rings is 1. The molecule has 1 saturated heterocycles. The summed E-state index contributed by atoms with van der Waals surface area (Å²) in [4.78, 5) is 16.6. The minimum absolute atomic E-state index is 0.0391. The molecule has 5 nitrogen and oxygen atoms in total. The van der Waals surface area contributed by atoms with Crippen LogP contribution in [0.1, 0.15) is 5.56 Å². The van der Waals surface area contributed by atoms with E-state index in [1.54, 1.807) is 19.3 Å². The van der Waals surface area contributed by atoms with Crippen molar-refractivity contribution < 1.29 is 14.3 Å². The van der Waals surface area contributed by atoms with Crippen LogP contribution in [-0.4, -0.2) is 50.7 Å². The van der Waals surface area contributed by atoms with Gasteiger partial charge in [-0.1, -0.05) is 30.9 Å². The lowest BCUT2D eigenvalue weighted by molar-refractivity contribution is -0.126. The quantitative estimate of drug-likeness (QED) is 0.545. The van der Waals surface area contributed by atoms with E-state index in [0.29, 0.717) is 19.7 Å². The summed E-state index contributed by atoms with van der Waals surface area (Å²) in [5, 5.41) is 0. The van der Waals surface area contributed by atoms with E-state index >= 15 is 0 Å².